The third-order valence-electron chi connectivity index (χ3n) is 3.42. The second kappa shape index (κ2) is 5.40. The lowest BCUT2D eigenvalue weighted by Gasteiger charge is -2.22. The van der Waals surface area contributed by atoms with E-state index >= 15 is 0 Å². The largest absolute Gasteiger partial charge is 0.378 e. The summed E-state index contributed by atoms with van der Waals surface area (Å²) in [4.78, 5) is 7.76. The van der Waals surface area contributed by atoms with Crippen molar-refractivity contribution in [2.24, 2.45) is 0 Å². The summed E-state index contributed by atoms with van der Waals surface area (Å²) in [5.74, 6) is 0.854. The number of hydrogen-bond acceptors (Lipinski definition) is 3. The average molecular weight is 245 g/mol. The number of imidazole rings is 1. The Kier molecular flexibility index (Phi) is 3.46. The molecule has 18 heavy (non-hydrogen) atoms. The zero-order valence-electron chi connectivity index (χ0n) is 10.5. The first kappa shape index (κ1) is 11.5. The Bertz CT molecular complexity index is 469. The fourth-order valence-corrected chi connectivity index (χ4v) is 2.42. The molecule has 1 aromatic heterocycles. The summed E-state index contributed by atoms with van der Waals surface area (Å²) in [6.07, 6.45) is 5.19. The van der Waals surface area contributed by atoms with Crippen molar-refractivity contribution in [3.8, 4) is 0 Å². The second-order valence-electron chi connectivity index (χ2n) is 4.81. The zero-order chi connectivity index (χ0) is 12.2. The minimum atomic E-state index is 0.427. The number of rotatable bonds is 4. The quantitative estimate of drug-likeness (QED) is 0.870. The molecular formula is C14H19N3O. The van der Waals surface area contributed by atoms with Crippen LogP contribution in [0.15, 0.2) is 24.3 Å². The molecular weight excluding hydrogens is 226 g/mol. The number of aromatic amines is 1. The highest BCUT2D eigenvalue weighted by Gasteiger charge is 2.13. The minimum absolute atomic E-state index is 0.427. The third-order valence-corrected chi connectivity index (χ3v) is 3.42. The van der Waals surface area contributed by atoms with Crippen molar-refractivity contribution in [1.82, 2.24) is 9.97 Å². The first-order valence-corrected chi connectivity index (χ1v) is 6.72. The summed E-state index contributed by atoms with van der Waals surface area (Å²) in [5, 5.41) is 3.33. The van der Waals surface area contributed by atoms with Crippen LogP contribution in [0.4, 0.5) is 5.95 Å². The normalized spacial score (nSPS) is 20.1. The van der Waals surface area contributed by atoms with Crippen molar-refractivity contribution < 1.29 is 4.74 Å². The Morgan fingerprint density at radius 1 is 1.33 bits per heavy atom. The van der Waals surface area contributed by atoms with Gasteiger partial charge in [-0.3, -0.25) is 0 Å². The molecule has 0 saturated carbocycles. The average Bonchev–Trinajstić information content (AvgIpc) is 2.82. The molecule has 2 aromatic rings. The second-order valence-corrected chi connectivity index (χ2v) is 4.81. The predicted molar refractivity (Wildman–Crippen MR) is 72.8 cm³/mol. The van der Waals surface area contributed by atoms with E-state index in [-0.39, 0.29) is 0 Å². The highest BCUT2D eigenvalue weighted by molar-refractivity contribution is 5.77. The van der Waals surface area contributed by atoms with Gasteiger partial charge in [0.2, 0.25) is 5.95 Å². The molecule has 1 aliphatic rings. The van der Waals surface area contributed by atoms with Crippen molar-refractivity contribution in [2.45, 2.75) is 31.8 Å². The monoisotopic (exact) mass is 245 g/mol. The van der Waals surface area contributed by atoms with Gasteiger partial charge in [-0.05, 0) is 37.8 Å². The van der Waals surface area contributed by atoms with Crippen molar-refractivity contribution in [3.63, 3.8) is 0 Å². The summed E-state index contributed by atoms with van der Waals surface area (Å²) in [6.45, 7) is 1.83. The first-order valence-electron chi connectivity index (χ1n) is 6.72. The van der Waals surface area contributed by atoms with Crippen LogP contribution in [-0.2, 0) is 4.74 Å². The van der Waals surface area contributed by atoms with Crippen molar-refractivity contribution >= 4 is 17.0 Å². The van der Waals surface area contributed by atoms with E-state index in [4.69, 9.17) is 4.74 Å². The number of anilines is 1. The molecule has 3 rings (SSSR count). The molecule has 2 heterocycles. The summed E-state index contributed by atoms with van der Waals surface area (Å²) in [6, 6.07) is 8.07. The lowest BCUT2D eigenvalue weighted by Crippen LogP contribution is -2.22. The van der Waals surface area contributed by atoms with E-state index in [0.717, 1.165) is 36.6 Å². The van der Waals surface area contributed by atoms with Crippen LogP contribution in [0.1, 0.15) is 25.7 Å². The Morgan fingerprint density at radius 3 is 3.11 bits per heavy atom. The number of H-pyrrole nitrogens is 1. The van der Waals surface area contributed by atoms with Crippen molar-refractivity contribution in [1.29, 1.82) is 0 Å². The standard InChI is InChI=1S/C14H19N3O/c1-2-7-13-12(6-1)16-14(17-13)15-9-8-11-5-3-4-10-18-11/h1-2,6-7,11H,3-5,8-10H2,(H2,15,16,17). The molecule has 0 bridgehead atoms. The van der Waals surface area contributed by atoms with E-state index in [9.17, 15) is 0 Å². The smallest absolute Gasteiger partial charge is 0.201 e. The van der Waals surface area contributed by atoms with Gasteiger partial charge in [0.25, 0.3) is 0 Å². The molecule has 1 saturated heterocycles. The van der Waals surface area contributed by atoms with E-state index in [1.807, 2.05) is 24.3 Å². The van der Waals surface area contributed by atoms with E-state index in [0.29, 0.717) is 6.10 Å². The number of nitrogens with one attached hydrogen (secondary N) is 2. The van der Waals surface area contributed by atoms with Crippen molar-refractivity contribution in [3.05, 3.63) is 24.3 Å². The summed E-state index contributed by atoms with van der Waals surface area (Å²) in [5.41, 5.74) is 2.09. The van der Waals surface area contributed by atoms with Crippen LogP contribution < -0.4 is 5.32 Å². The van der Waals surface area contributed by atoms with Crippen molar-refractivity contribution in [2.75, 3.05) is 18.5 Å². The van der Waals surface area contributed by atoms with Crippen LogP contribution in [0.3, 0.4) is 0 Å². The van der Waals surface area contributed by atoms with Crippen LogP contribution >= 0.6 is 0 Å². The molecule has 1 unspecified atom stereocenters. The number of para-hydroxylation sites is 2. The van der Waals surface area contributed by atoms with Gasteiger partial charge >= 0.3 is 0 Å². The van der Waals surface area contributed by atoms with Gasteiger partial charge in [0.05, 0.1) is 17.1 Å². The third kappa shape index (κ3) is 2.64. The number of hydrogen-bond donors (Lipinski definition) is 2. The molecule has 1 atom stereocenters. The van der Waals surface area contributed by atoms with Crippen LogP contribution in [-0.4, -0.2) is 29.2 Å². The number of fused-ring (bicyclic) bond motifs is 1. The molecule has 96 valence electrons. The number of aromatic nitrogens is 2. The Morgan fingerprint density at radius 2 is 2.28 bits per heavy atom. The van der Waals surface area contributed by atoms with Crippen LogP contribution in [0.5, 0.6) is 0 Å². The SMILES string of the molecule is c1ccc2[nH]c(NCCC3CCCCO3)nc2c1. The maximum absolute atomic E-state index is 5.70. The number of nitrogens with zero attached hydrogens (tertiary/aromatic N) is 1. The Hall–Kier alpha value is -1.55. The Labute approximate surface area is 107 Å². The number of benzene rings is 1. The maximum atomic E-state index is 5.70. The molecule has 0 aliphatic carbocycles. The number of ether oxygens (including phenoxy) is 1. The first-order chi connectivity index (χ1) is 8.92. The van der Waals surface area contributed by atoms with Crippen LogP contribution in [0.25, 0.3) is 11.0 Å². The van der Waals surface area contributed by atoms with Gasteiger partial charge in [0.1, 0.15) is 0 Å². The molecule has 1 aromatic carbocycles. The summed E-state index contributed by atoms with van der Waals surface area (Å²) < 4.78 is 5.70. The van der Waals surface area contributed by atoms with Gasteiger partial charge in [0.15, 0.2) is 0 Å². The molecule has 2 N–H and O–H groups in total. The van der Waals surface area contributed by atoms with Gasteiger partial charge in [-0.2, -0.15) is 0 Å². The fourth-order valence-electron chi connectivity index (χ4n) is 2.42. The highest BCUT2D eigenvalue weighted by atomic mass is 16.5. The highest BCUT2D eigenvalue weighted by Crippen LogP contribution is 2.16. The lowest BCUT2D eigenvalue weighted by atomic mass is 10.1. The van der Waals surface area contributed by atoms with Gasteiger partial charge in [-0.15, -0.1) is 0 Å². The fraction of sp³-hybridized carbons (Fsp3) is 0.500. The maximum Gasteiger partial charge on any atom is 0.201 e. The zero-order valence-corrected chi connectivity index (χ0v) is 10.5. The molecule has 0 spiro atoms. The van der Waals surface area contributed by atoms with Gasteiger partial charge in [-0.1, -0.05) is 12.1 Å². The van der Waals surface area contributed by atoms with E-state index in [2.05, 4.69) is 15.3 Å². The van der Waals surface area contributed by atoms with E-state index in [1.165, 1.54) is 19.3 Å². The predicted octanol–water partition coefficient (Wildman–Crippen LogP) is 2.93. The summed E-state index contributed by atoms with van der Waals surface area (Å²) >= 11 is 0. The Balaban J connectivity index is 1.53. The molecule has 1 aliphatic heterocycles. The van der Waals surface area contributed by atoms with Gasteiger partial charge in [0, 0.05) is 13.2 Å². The minimum Gasteiger partial charge on any atom is -0.378 e. The molecule has 4 heteroatoms. The summed E-state index contributed by atoms with van der Waals surface area (Å²) in [7, 11) is 0. The lowest BCUT2D eigenvalue weighted by molar-refractivity contribution is 0.0134. The van der Waals surface area contributed by atoms with Gasteiger partial charge in [-0.25, -0.2) is 4.98 Å². The van der Waals surface area contributed by atoms with E-state index in [1.54, 1.807) is 0 Å². The molecule has 4 nitrogen and oxygen atoms in total. The van der Waals surface area contributed by atoms with Crippen LogP contribution in [0, 0.1) is 0 Å². The molecule has 0 amide bonds. The topological polar surface area (TPSA) is 49.9 Å². The van der Waals surface area contributed by atoms with Crippen LogP contribution in [0.2, 0.25) is 0 Å². The van der Waals surface area contributed by atoms with E-state index < -0.39 is 0 Å². The molecule has 0 radical (unpaired) electrons. The molecule has 1 fully saturated rings. The van der Waals surface area contributed by atoms with Gasteiger partial charge < -0.3 is 15.0 Å².